The highest BCUT2D eigenvalue weighted by Crippen LogP contribution is 2.49. The highest BCUT2D eigenvalue weighted by molar-refractivity contribution is 7.52. The number of nitrogen functional groups attached to an aromatic ring is 1. The van der Waals surface area contributed by atoms with E-state index in [1.165, 1.54) is 23.9 Å². The van der Waals surface area contributed by atoms with Gasteiger partial charge in [-0.2, -0.15) is 5.09 Å². The molecule has 1 aliphatic rings. The Morgan fingerprint density at radius 1 is 1.29 bits per heavy atom. The van der Waals surface area contributed by atoms with Crippen LogP contribution in [-0.4, -0.2) is 71.4 Å². The quantitative estimate of drug-likeness (QED) is 0.0774. The molecule has 0 bridgehead atoms. The first kappa shape index (κ1) is 28.2. The first-order valence-corrected chi connectivity index (χ1v) is 13.6. The van der Waals surface area contributed by atoms with Crippen molar-refractivity contribution in [3.63, 3.8) is 0 Å². The molecule has 41 heavy (non-hydrogen) atoms. The van der Waals surface area contributed by atoms with Crippen molar-refractivity contribution in [2.45, 2.75) is 37.1 Å². The largest absolute Gasteiger partial charge is 0.480 e. The number of rotatable bonds is 10. The van der Waals surface area contributed by atoms with Crippen molar-refractivity contribution in [1.29, 1.82) is 0 Å². The number of aliphatic carboxylic acids is 1. The highest BCUT2D eigenvalue weighted by atomic mass is 31.2. The number of anilines is 1. The van der Waals surface area contributed by atoms with E-state index in [-0.39, 0.29) is 22.7 Å². The normalized spacial score (nSPS) is 24.5. The molecule has 2 aromatic heterocycles. The SMILES string of the molecule is C[C@H](NP(=O)(OC[C@@]1(N=[N+]=[N-])O[C@@H](n2cnc3c(N)ncnc32)[C@H](O)[C@@H]1O)Oc1cccc2ccccc12)C(=O)O. The molecule has 0 amide bonds. The third kappa shape index (κ3) is 5.26. The maximum atomic E-state index is 14.0. The van der Waals surface area contributed by atoms with Gasteiger partial charge < -0.3 is 30.3 Å². The maximum absolute atomic E-state index is 14.0. The van der Waals surface area contributed by atoms with E-state index in [0.717, 1.165) is 11.7 Å². The van der Waals surface area contributed by atoms with Gasteiger partial charge in [0.05, 0.1) is 12.9 Å². The summed E-state index contributed by atoms with van der Waals surface area (Å²) in [4.78, 5) is 26.3. The molecule has 0 saturated carbocycles. The molecule has 1 aliphatic heterocycles. The first-order chi connectivity index (χ1) is 19.6. The summed E-state index contributed by atoms with van der Waals surface area (Å²) in [7, 11) is -4.59. The standard InChI is InChI=1S/C23H24N9O8P/c1-12(22(35)36)29-41(37,40-15-8-4-6-13-5-2-3-7-14(13)15)38-9-23(30-31-25)18(34)17(33)21(39-23)32-11-28-16-19(24)26-10-27-20(16)32/h2-8,10-12,17-18,21,33-34H,9H2,1H3,(H,29,37)(H,35,36)(H2,24,26,27)/t12-,17+,18-,21+,23+,41?/m0/s1. The number of aliphatic hydroxyl groups excluding tert-OH is 2. The van der Waals surface area contributed by atoms with Crippen LogP contribution in [0.3, 0.4) is 0 Å². The smallest absolute Gasteiger partial charge is 0.459 e. The topological polar surface area (TPSA) is 253 Å². The molecule has 18 heteroatoms. The Morgan fingerprint density at radius 2 is 2.05 bits per heavy atom. The van der Waals surface area contributed by atoms with Crippen molar-refractivity contribution in [3.05, 3.63) is 65.6 Å². The third-order valence-electron chi connectivity index (χ3n) is 6.41. The predicted octanol–water partition coefficient (Wildman–Crippen LogP) is 2.09. The van der Waals surface area contributed by atoms with Gasteiger partial charge in [0.25, 0.3) is 0 Å². The van der Waals surface area contributed by atoms with Crippen LogP contribution < -0.4 is 15.3 Å². The van der Waals surface area contributed by atoms with Crippen LogP contribution in [0.2, 0.25) is 0 Å². The number of nitrogens with one attached hydrogen (secondary N) is 1. The van der Waals surface area contributed by atoms with Crippen LogP contribution in [0.15, 0.2) is 60.2 Å². The van der Waals surface area contributed by atoms with Gasteiger partial charge in [-0.3, -0.25) is 13.9 Å². The molecule has 6 N–H and O–H groups in total. The van der Waals surface area contributed by atoms with Crippen molar-refractivity contribution in [2.75, 3.05) is 12.3 Å². The van der Waals surface area contributed by atoms with E-state index in [4.69, 9.17) is 19.5 Å². The zero-order chi connectivity index (χ0) is 29.4. The molecule has 2 aromatic carbocycles. The minimum Gasteiger partial charge on any atom is -0.480 e. The number of hydrogen-bond donors (Lipinski definition) is 5. The van der Waals surface area contributed by atoms with E-state index in [1.54, 1.807) is 36.4 Å². The van der Waals surface area contributed by atoms with Crippen molar-refractivity contribution in [2.24, 2.45) is 5.11 Å². The number of carbonyl (C=O) groups is 1. The Kier molecular flexibility index (Phi) is 7.50. The molecule has 1 fully saturated rings. The molecule has 1 unspecified atom stereocenters. The zero-order valence-corrected chi connectivity index (χ0v) is 22.1. The van der Waals surface area contributed by atoms with Gasteiger partial charge in [-0.25, -0.2) is 19.5 Å². The van der Waals surface area contributed by atoms with E-state index in [9.17, 15) is 30.2 Å². The van der Waals surface area contributed by atoms with Gasteiger partial charge >= 0.3 is 13.7 Å². The summed E-state index contributed by atoms with van der Waals surface area (Å²) in [6.45, 7) is 0.281. The molecular formula is C23H24N9O8P. The summed E-state index contributed by atoms with van der Waals surface area (Å²) in [6.07, 6.45) is -2.66. The fourth-order valence-electron chi connectivity index (χ4n) is 4.32. The molecule has 0 spiro atoms. The molecule has 5 rings (SSSR count). The molecule has 6 atom stereocenters. The minimum absolute atomic E-state index is 0.0524. The van der Waals surface area contributed by atoms with Crippen molar-refractivity contribution in [1.82, 2.24) is 24.6 Å². The lowest BCUT2D eigenvalue weighted by Gasteiger charge is -2.29. The second-order valence-electron chi connectivity index (χ2n) is 9.09. The number of azide groups is 1. The Bertz CT molecular complexity index is 1710. The van der Waals surface area contributed by atoms with Crippen LogP contribution in [0, 0.1) is 0 Å². The summed E-state index contributed by atoms with van der Waals surface area (Å²) in [6, 6.07) is 10.5. The van der Waals surface area contributed by atoms with Crippen molar-refractivity contribution >= 4 is 41.5 Å². The zero-order valence-electron chi connectivity index (χ0n) is 21.3. The lowest BCUT2D eigenvalue weighted by atomic mass is 10.1. The molecule has 4 aromatic rings. The Labute approximate surface area is 230 Å². The fraction of sp³-hybridized carbons (Fsp3) is 0.304. The number of aliphatic hydroxyl groups is 2. The maximum Gasteiger partial charge on any atom is 0.459 e. The number of carboxylic acids is 1. The van der Waals surface area contributed by atoms with Gasteiger partial charge in [0.15, 0.2) is 17.7 Å². The van der Waals surface area contributed by atoms with Gasteiger partial charge in [-0.05, 0) is 23.9 Å². The van der Waals surface area contributed by atoms with E-state index in [2.05, 4.69) is 30.1 Å². The minimum atomic E-state index is -4.59. The average molecular weight is 585 g/mol. The lowest BCUT2D eigenvalue weighted by Crippen LogP contribution is -2.45. The van der Waals surface area contributed by atoms with Crippen LogP contribution in [0.5, 0.6) is 5.75 Å². The number of carboxylic acid groups (broad SMARTS) is 1. The van der Waals surface area contributed by atoms with Gasteiger partial charge in [0.2, 0.25) is 5.72 Å². The van der Waals surface area contributed by atoms with E-state index < -0.39 is 50.5 Å². The number of benzene rings is 2. The van der Waals surface area contributed by atoms with Crippen LogP contribution in [0.1, 0.15) is 13.2 Å². The number of imidazole rings is 1. The highest BCUT2D eigenvalue weighted by Gasteiger charge is 2.56. The number of nitrogens with zero attached hydrogens (tertiary/aromatic N) is 7. The third-order valence-corrected chi connectivity index (χ3v) is 8.02. The van der Waals surface area contributed by atoms with Gasteiger partial charge in [-0.1, -0.05) is 41.5 Å². The summed E-state index contributed by atoms with van der Waals surface area (Å²) >= 11 is 0. The monoisotopic (exact) mass is 585 g/mol. The van der Waals surface area contributed by atoms with Crippen molar-refractivity contribution < 1.29 is 38.5 Å². The number of fused-ring (bicyclic) bond motifs is 2. The van der Waals surface area contributed by atoms with Gasteiger partial charge in [0, 0.05) is 10.3 Å². The molecule has 214 valence electrons. The predicted molar refractivity (Wildman–Crippen MR) is 142 cm³/mol. The molecule has 17 nitrogen and oxygen atoms in total. The Balaban J connectivity index is 1.48. The summed E-state index contributed by atoms with van der Waals surface area (Å²) < 4.78 is 32.3. The molecule has 0 radical (unpaired) electrons. The number of nitrogens with two attached hydrogens (primary N) is 1. The van der Waals surface area contributed by atoms with E-state index >= 15 is 0 Å². The fourth-order valence-corrected chi connectivity index (χ4v) is 5.86. The lowest BCUT2D eigenvalue weighted by molar-refractivity contribution is -0.138. The van der Waals surface area contributed by atoms with Crippen LogP contribution in [0.4, 0.5) is 5.82 Å². The first-order valence-electron chi connectivity index (χ1n) is 12.0. The van der Waals surface area contributed by atoms with E-state index in [0.29, 0.717) is 5.39 Å². The Morgan fingerprint density at radius 3 is 2.80 bits per heavy atom. The second-order valence-corrected chi connectivity index (χ2v) is 10.8. The van der Waals surface area contributed by atoms with Crippen LogP contribution >= 0.6 is 7.75 Å². The van der Waals surface area contributed by atoms with Crippen LogP contribution in [0.25, 0.3) is 32.4 Å². The summed E-state index contributed by atoms with van der Waals surface area (Å²) in [5, 5.41) is 38.4. The van der Waals surface area contributed by atoms with Gasteiger partial charge in [-0.15, -0.1) is 0 Å². The van der Waals surface area contributed by atoms with Crippen molar-refractivity contribution in [3.8, 4) is 5.75 Å². The second kappa shape index (κ2) is 10.9. The Hall–Kier alpha value is -4.34. The number of ether oxygens (including phenoxy) is 1. The molecule has 1 saturated heterocycles. The molecule has 3 heterocycles. The summed E-state index contributed by atoms with van der Waals surface area (Å²) in [5.74, 6) is -1.21. The number of aromatic nitrogens is 4. The van der Waals surface area contributed by atoms with E-state index in [1.807, 2.05) is 0 Å². The molecule has 0 aliphatic carbocycles. The number of hydrogen-bond acceptors (Lipinski definition) is 12. The van der Waals surface area contributed by atoms with Crippen LogP contribution in [-0.2, 0) is 18.6 Å². The summed E-state index contributed by atoms with van der Waals surface area (Å²) in [5.41, 5.74) is 13.1. The molecular weight excluding hydrogens is 561 g/mol. The average Bonchev–Trinajstić information content (AvgIpc) is 3.48. The van der Waals surface area contributed by atoms with Gasteiger partial charge in [0.1, 0.15) is 35.8 Å².